The first-order chi connectivity index (χ1) is 24.5. The van der Waals surface area contributed by atoms with Gasteiger partial charge in [-0.05, 0) is 19.3 Å². The van der Waals surface area contributed by atoms with E-state index in [0.29, 0.717) is 17.4 Å². The molecule has 0 aliphatic carbocycles. The lowest BCUT2D eigenvalue weighted by Crippen LogP contribution is -2.45. The maximum atomic E-state index is 12.8. The maximum Gasteiger partial charge on any atom is 0.268 e. The molecule has 51 heavy (non-hydrogen) atoms. The predicted molar refractivity (Wildman–Crippen MR) is 215 cm³/mol. The zero-order chi connectivity index (χ0) is 37.9. The SMILES string of the molecule is CCCCCCCCCCCCCCCCCCC/C=C/C(O)C(COP(=O)([O-])OCC[N+](C)(C)C)NC(=O)CCCCCCCCCCCC. The summed E-state index contributed by atoms with van der Waals surface area (Å²) in [6, 6.07) is -0.878. The number of allylic oxidation sites excluding steroid dienone is 1. The number of aliphatic hydroxyl groups is 1. The Balaban J connectivity index is 4.37. The molecule has 1 amide bonds. The lowest BCUT2D eigenvalue weighted by atomic mass is 10.0. The van der Waals surface area contributed by atoms with Gasteiger partial charge in [0.05, 0.1) is 39.9 Å². The number of quaternary nitrogens is 1. The molecule has 0 aromatic rings. The molecule has 0 radical (unpaired) electrons. The number of hydrogen-bond donors (Lipinski definition) is 2. The zero-order valence-corrected chi connectivity index (χ0v) is 35.2. The lowest BCUT2D eigenvalue weighted by molar-refractivity contribution is -0.870. The van der Waals surface area contributed by atoms with Crippen molar-refractivity contribution in [3.05, 3.63) is 12.2 Å². The van der Waals surface area contributed by atoms with Crippen molar-refractivity contribution in [2.75, 3.05) is 40.9 Å². The summed E-state index contributed by atoms with van der Waals surface area (Å²) < 4.78 is 23.1. The molecule has 0 saturated heterocycles. The van der Waals surface area contributed by atoms with Crippen molar-refractivity contribution in [2.45, 2.75) is 212 Å². The van der Waals surface area contributed by atoms with Crippen LogP contribution in [0.25, 0.3) is 0 Å². The molecule has 8 nitrogen and oxygen atoms in total. The predicted octanol–water partition coefficient (Wildman–Crippen LogP) is 10.9. The van der Waals surface area contributed by atoms with Gasteiger partial charge in [-0.3, -0.25) is 9.36 Å². The molecule has 0 fully saturated rings. The first-order valence-corrected chi connectivity index (χ1v) is 23.0. The molecular formula is C42H85N2O6P. The van der Waals surface area contributed by atoms with Gasteiger partial charge >= 0.3 is 0 Å². The van der Waals surface area contributed by atoms with Crippen LogP contribution in [0.1, 0.15) is 200 Å². The van der Waals surface area contributed by atoms with Gasteiger partial charge in [0, 0.05) is 6.42 Å². The van der Waals surface area contributed by atoms with Crippen molar-refractivity contribution in [1.29, 1.82) is 0 Å². The molecule has 0 bridgehead atoms. The van der Waals surface area contributed by atoms with Crippen molar-refractivity contribution >= 4 is 13.7 Å². The van der Waals surface area contributed by atoms with Crippen molar-refractivity contribution in [2.24, 2.45) is 0 Å². The van der Waals surface area contributed by atoms with Crippen molar-refractivity contribution < 1.29 is 32.9 Å². The Bertz CT molecular complexity index is 850. The monoisotopic (exact) mass is 745 g/mol. The average Bonchev–Trinajstić information content (AvgIpc) is 3.07. The van der Waals surface area contributed by atoms with E-state index >= 15 is 0 Å². The van der Waals surface area contributed by atoms with Crippen LogP contribution in [-0.4, -0.2) is 68.5 Å². The van der Waals surface area contributed by atoms with Gasteiger partial charge in [-0.1, -0.05) is 187 Å². The second-order valence-corrected chi connectivity index (χ2v) is 17.5. The normalized spacial score (nSPS) is 14.6. The van der Waals surface area contributed by atoms with E-state index in [1.165, 1.54) is 141 Å². The number of unbranched alkanes of at least 4 members (excludes halogenated alkanes) is 26. The number of nitrogens with zero attached hydrogens (tertiary/aromatic N) is 1. The number of phosphoric ester groups is 1. The Labute approximate surface area is 316 Å². The highest BCUT2D eigenvalue weighted by Crippen LogP contribution is 2.38. The molecule has 0 aromatic heterocycles. The van der Waals surface area contributed by atoms with Crippen LogP contribution in [0.5, 0.6) is 0 Å². The summed E-state index contributed by atoms with van der Waals surface area (Å²) >= 11 is 0. The molecule has 0 aliphatic rings. The lowest BCUT2D eigenvalue weighted by Gasteiger charge is -2.29. The van der Waals surface area contributed by atoms with Crippen LogP contribution in [0, 0.1) is 0 Å². The molecule has 2 N–H and O–H groups in total. The quantitative estimate of drug-likeness (QED) is 0.0281. The van der Waals surface area contributed by atoms with Gasteiger partial charge in [0.2, 0.25) is 5.91 Å². The number of carbonyl (C=O) groups excluding carboxylic acids is 1. The van der Waals surface area contributed by atoms with Gasteiger partial charge < -0.3 is 28.8 Å². The third-order valence-corrected chi connectivity index (χ3v) is 10.7. The molecular weight excluding hydrogens is 659 g/mol. The summed E-state index contributed by atoms with van der Waals surface area (Å²) in [6.07, 6.45) is 38.3. The zero-order valence-electron chi connectivity index (χ0n) is 34.3. The van der Waals surface area contributed by atoms with Crippen LogP contribution >= 0.6 is 7.82 Å². The molecule has 0 spiro atoms. The second kappa shape index (κ2) is 35.0. The van der Waals surface area contributed by atoms with Crippen LogP contribution < -0.4 is 10.2 Å². The molecule has 3 atom stereocenters. The largest absolute Gasteiger partial charge is 0.756 e. The molecule has 3 unspecified atom stereocenters. The van der Waals surface area contributed by atoms with E-state index in [2.05, 4.69) is 19.2 Å². The highest BCUT2D eigenvalue weighted by atomic mass is 31.2. The van der Waals surface area contributed by atoms with Crippen molar-refractivity contribution in [3.8, 4) is 0 Å². The molecule has 0 aliphatic heterocycles. The van der Waals surface area contributed by atoms with E-state index in [1.54, 1.807) is 6.08 Å². The number of carbonyl (C=O) groups is 1. The van der Waals surface area contributed by atoms with E-state index < -0.39 is 20.0 Å². The number of hydrogen-bond acceptors (Lipinski definition) is 6. The van der Waals surface area contributed by atoms with Crippen LogP contribution in [0.2, 0.25) is 0 Å². The van der Waals surface area contributed by atoms with E-state index in [1.807, 2.05) is 27.2 Å². The molecule has 0 saturated carbocycles. The maximum absolute atomic E-state index is 12.8. The number of amides is 1. The van der Waals surface area contributed by atoms with Crippen LogP contribution in [0.15, 0.2) is 12.2 Å². The molecule has 0 heterocycles. The van der Waals surface area contributed by atoms with Crippen LogP contribution in [0.3, 0.4) is 0 Å². The Morgan fingerprint density at radius 3 is 1.47 bits per heavy atom. The fourth-order valence-corrected chi connectivity index (χ4v) is 6.99. The summed E-state index contributed by atoms with van der Waals surface area (Å²) in [7, 11) is 1.27. The van der Waals surface area contributed by atoms with Crippen LogP contribution in [-0.2, 0) is 18.4 Å². The Morgan fingerprint density at radius 1 is 0.667 bits per heavy atom. The molecule has 9 heteroatoms. The minimum atomic E-state index is -4.58. The van der Waals surface area contributed by atoms with E-state index in [4.69, 9.17) is 9.05 Å². The second-order valence-electron chi connectivity index (χ2n) is 16.1. The number of rotatable bonds is 39. The topological polar surface area (TPSA) is 108 Å². The summed E-state index contributed by atoms with van der Waals surface area (Å²) in [5, 5.41) is 13.7. The van der Waals surface area contributed by atoms with Crippen molar-refractivity contribution in [3.63, 3.8) is 0 Å². The highest BCUT2D eigenvalue weighted by molar-refractivity contribution is 7.45. The first kappa shape index (κ1) is 50.2. The minimum Gasteiger partial charge on any atom is -0.756 e. The summed E-state index contributed by atoms with van der Waals surface area (Å²) in [5.74, 6) is -0.199. The van der Waals surface area contributed by atoms with Crippen molar-refractivity contribution in [1.82, 2.24) is 5.32 Å². The average molecular weight is 745 g/mol. The third-order valence-electron chi connectivity index (χ3n) is 9.75. The third kappa shape index (κ3) is 37.4. The Morgan fingerprint density at radius 2 is 1.06 bits per heavy atom. The van der Waals surface area contributed by atoms with Gasteiger partial charge in [0.1, 0.15) is 13.2 Å². The Hall–Kier alpha value is -0.760. The Kier molecular flexibility index (Phi) is 34.5. The molecule has 0 aromatic carbocycles. The number of aliphatic hydroxyl groups excluding tert-OH is 1. The van der Waals surface area contributed by atoms with Gasteiger partial charge in [0.25, 0.3) is 7.82 Å². The van der Waals surface area contributed by atoms with Gasteiger partial charge in [0.15, 0.2) is 0 Å². The molecule has 0 rings (SSSR count). The fourth-order valence-electron chi connectivity index (χ4n) is 6.27. The van der Waals surface area contributed by atoms with E-state index in [0.717, 1.165) is 38.5 Å². The summed E-state index contributed by atoms with van der Waals surface area (Å²) in [4.78, 5) is 25.2. The number of phosphoric acid groups is 1. The van der Waals surface area contributed by atoms with Gasteiger partial charge in [-0.15, -0.1) is 0 Å². The first-order valence-electron chi connectivity index (χ1n) is 21.6. The summed E-state index contributed by atoms with van der Waals surface area (Å²) in [5.41, 5.74) is 0. The number of nitrogens with one attached hydrogen (secondary N) is 1. The smallest absolute Gasteiger partial charge is 0.268 e. The van der Waals surface area contributed by atoms with E-state index in [-0.39, 0.29) is 19.1 Å². The number of likely N-dealkylation sites (N-methyl/N-ethyl adjacent to an activating group) is 1. The minimum absolute atomic E-state index is 0.00184. The standard InChI is InChI=1S/C42H85N2O6P/c1-6-8-10-12-14-16-18-19-20-21-22-23-24-25-26-27-29-31-33-35-41(45)40(39-50-51(47,48)49-38-37-44(3,4)5)43-42(46)36-34-32-30-28-17-15-13-11-9-7-2/h33,35,40-41,45H,6-32,34,36-39H2,1-5H3,(H-,43,46,47,48)/b35-33+. The van der Waals surface area contributed by atoms with E-state index in [9.17, 15) is 19.4 Å². The van der Waals surface area contributed by atoms with Gasteiger partial charge in [-0.25, -0.2) is 0 Å². The molecule has 304 valence electrons. The fraction of sp³-hybridized carbons (Fsp3) is 0.929. The van der Waals surface area contributed by atoms with Gasteiger partial charge in [-0.2, -0.15) is 0 Å². The van der Waals surface area contributed by atoms with Crippen LogP contribution in [0.4, 0.5) is 0 Å². The highest BCUT2D eigenvalue weighted by Gasteiger charge is 2.23. The summed E-state index contributed by atoms with van der Waals surface area (Å²) in [6.45, 7) is 4.64.